The summed E-state index contributed by atoms with van der Waals surface area (Å²) in [5, 5.41) is 14.1. The lowest BCUT2D eigenvalue weighted by atomic mass is 9.84. The van der Waals surface area contributed by atoms with E-state index in [1.807, 2.05) is 24.3 Å². The van der Waals surface area contributed by atoms with Crippen molar-refractivity contribution in [1.29, 1.82) is 5.26 Å². The van der Waals surface area contributed by atoms with E-state index >= 15 is 0 Å². The largest absolute Gasteiger partial charge is 0.483 e. The number of para-hydroxylation sites is 1. The predicted octanol–water partition coefficient (Wildman–Crippen LogP) is 2.99. The van der Waals surface area contributed by atoms with E-state index in [2.05, 4.69) is 27.1 Å². The van der Waals surface area contributed by atoms with Crippen molar-refractivity contribution in [2.24, 2.45) is 11.5 Å². The number of benzene rings is 2. The average Bonchev–Trinajstić information content (AvgIpc) is 3.13. The molecule has 1 unspecified atom stereocenters. The van der Waals surface area contributed by atoms with Gasteiger partial charge in [0.2, 0.25) is 11.8 Å². The molecule has 4 N–H and O–H groups in total. The summed E-state index contributed by atoms with van der Waals surface area (Å²) in [4.78, 5) is 24.6. The molecular formula is C23H18BrN5O4. The van der Waals surface area contributed by atoms with Gasteiger partial charge in [-0.25, -0.2) is 0 Å². The second-order valence-electron chi connectivity index (χ2n) is 7.24. The summed E-state index contributed by atoms with van der Waals surface area (Å²) in [6, 6.07) is 15.9. The van der Waals surface area contributed by atoms with E-state index < -0.39 is 24.3 Å². The standard InChI is InChI=1S/C23H18BrN5O4/c1-12-19-20(13-6-8-14(24)9-7-13)16(10-25)22(27)33-23(19)29(28-12)18(30)11-32-17-5-3-2-4-15(17)21(26)31/h2-9,20H,11,27H2,1H3,(H2,26,31). The predicted molar refractivity (Wildman–Crippen MR) is 121 cm³/mol. The van der Waals surface area contributed by atoms with Crippen LogP contribution in [0.5, 0.6) is 11.6 Å². The SMILES string of the molecule is Cc1nn(C(=O)COc2ccccc2C(N)=O)c2c1C(c1ccc(Br)cc1)C(C#N)=C(N)O2. The van der Waals surface area contributed by atoms with Gasteiger partial charge in [0.15, 0.2) is 6.61 Å². The summed E-state index contributed by atoms with van der Waals surface area (Å²) in [7, 11) is 0. The zero-order valence-corrected chi connectivity index (χ0v) is 19.0. The van der Waals surface area contributed by atoms with Crippen LogP contribution >= 0.6 is 15.9 Å². The van der Waals surface area contributed by atoms with Crippen molar-refractivity contribution >= 4 is 27.7 Å². The molecule has 0 aliphatic carbocycles. The minimum atomic E-state index is -0.673. The lowest BCUT2D eigenvalue weighted by molar-refractivity contribution is 0.0804. The summed E-state index contributed by atoms with van der Waals surface area (Å²) >= 11 is 3.40. The van der Waals surface area contributed by atoms with Gasteiger partial charge in [0.25, 0.3) is 11.8 Å². The number of fused-ring (bicyclic) bond motifs is 1. The molecular weight excluding hydrogens is 490 g/mol. The normalized spacial score (nSPS) is 14.8. The van der Waals surface area contributed by atoms with Crippen LogP contribution in [0.3, 0.4) is 0 Å². The lowest BCUT2D eigenvalue weighted by Crippen LogP contribution is -2.26. The summed E-state index contributed by atoms with van der Waals surface area (Å²) < 4.78 is 13.2. The molecule has 0 radical (unpaired) electrons. The first-order valence-electron chi connectivity index (χ1n) is 9.79. The highest BCUT2D eigenvalue weighted by Crippen LogP contribution is 2.43. The van der Waals surface area contributed by atoms with Crippen LogP contribution in [0.2, 0.25) is 0 Å². The molecule has 33 heavy (non-hydrogen) atoms. The van der Waals surface area contributed by atoms with Gasteiger partial charge in [-0.3, -0.25) is 9.59 Å². The van der Waals surface area contributed by atoms with E-state index in [1.54, 1.807) is 19.1 Å². The molecule has 3 aromatic rings. The maximum Gasteiger partial charge on any atom is 0.287 e. The number of aryl methyl sites for hydroxylation is 1. The van der Waals surface area contributed by atoms with Crippen LogP contribution in [0.4, 0.5) is 0 Å². The summed E-state index contributed by atoms with van der Waals surface area (Å²) in [6.45, 7) is 1.29. The smallest absolute Gasteiger partial charge is 0.287 e. The van der Waals surface area contributed by atoms with Crippen molar-refractivity contribution < 1.29 is 19.1 Å². The zero-order valence-electron chi connectivity index (χ0n) is 17.4. The third kappa shape index (κ3) is 4.06. The summed E-state index contributed by atoms with van der Waals surface area (Å²) in [6.07, 6.45) is 0. The van der Waals surface area contributed by atoms with E-state index in [0.717, 1.165) is 14.7 Å². The first kappa shape index (κ1) is 22.1. The highest BCUT2D eigenvalue weighted by atomic mass is 79.9. The Bertz CT molecular complexity index is 1340. The molecule has 0 bridgehead atoms. The molecule has 1 amide bonds. The van der Waals surface area contributed by atoms with Crippen LogP contribution in [0.1, 0.15) is 37.9 Å². The van der Waals surface area contributed by atoms with Crippen LogP contribution in [0, 0.1) is 18.3 Å². The lowest BCUT2D eigenvalue weighted by Gasteiger charge is -2.24. The molecule has 0 saturated carbocycles. The van der Waals surface area contributed by atoms with Crippen molar-refractivity contribution in [2.45, 2.75) is 12.8 Å². The van der Waals surface area contributed by atoms with Gasteiger partial charge in [-0.1, -0.05) is 40.2 Å². The van der Waals surface area contributed by atoms with Crippen molar-refractivity contribution in [2.75, 3.05) is 6.61 Å². The Balaban J connectivity index is 1.70. The number of allylic oxidation sites excluding steroid dienone is 1. The molecule has 4 rings (SSSR count). The molecule has 1 atom stereocenters. The molecule has 0 spiro atoms. The Kier molecular flexibility index (Phi) is 5.89. The number of rotatable bonds is 5. The third-order valence-electron chi connectivity index (χ3n) is 5.18. The van der Waals surface area contributed by atoms with Crippen molar-refractivity contribution in [1.82, 2.24) is 9.78 Å². The number of hydrogen-bond acceptors (Lipinski definition) is 7. The van der Waals surface area contributed by atoms with Gasteiger partial charge in [0.05, 0.1) is 22.7 Å². The molecule has 2 heterocycles. The molecule has 1 aliphatic rings. The molecule has 0 fully saturated rings. The number of halogens is 1. The van der Waals surface area contributed by atoms with E-state index in [0.29, 0.717) is 11.3 Å². The van der Waals surface area contributed by atoms with Crippen LogP contribution in [0.25, 0.3) is 0 Å². The van der Waals surface area contributed by atoms with Gasteiger partial charge < -0.3 is 20.9 Å². The Hall–Kier alpha value is -4.10. The number of hydrogen-bond donors (Lipinski definition) is 2. The topological polar surface area (TPSA) is 146 Å². The van der Waals surface area contributed by atoms with Gasteiger partial charge in [-0.2, -0.15) is 15.0 Å². The van der Waals surface area contributed by atoms with Crippen LogP contribution < -0.4 is 20.9 Å². The molecule has 9 nitrogen and oxygen atoms in total. The zero-order chi connectivity index (χ0) is 23.7. The highest BCUT2D eigenvalue weighted by molar-refractivity contribution is 9.10. The second-order valence-corrected chi connectivity index (χ2v) is 8.15. The number of nitriles is 1. The number of primary amides is 1. The number of carbonyl (C=O) groups is 2. The Labute approximate surface area is 197 Å². The Morgan fingerprint density at radius 2 is 1.94 bits per heavy atom. The van der Waals surface area contributed by atoms with E-state index in [1.165, 1.54) is 12.1 Å². The average molecular weight is 508 g/mol. The first-order valence-corrected chi connectivity index (χ1v) is 10.6. The molecule has 166 valence electrons. The number of amides is 1. The number of aromatic nitrogens is 2. The maximum atomic E-state index is 13.0. The van der Waals surface area contributed by atoms with Crippen LogP contribution in [-0.2, 0) is 0 Å². The number of ether oxygens (including phenoxy) is 2. The second kappa shape index (κ2) is 8.80. The fourth-order valence-electron chi connectivity index (χ4n) is 3.67. The molecule has 0 saturated heterocycles. The van der Waals surface area contributed by atoms with Crippen LogP contribution in [-0.4, -0.2) is 28.2 Å². The monoisotopic (exact) mass is 507 g/mol. The molecule has 1 aliphatic heterocycles. The fraction of sp³-hybridized carbons (Fsp3) is 0.130. The van der Waals surface area contributed by atoms with E-state index in [4.69, 9.17) is 20.9 Å². The van der Waals surface area contributed by atoms with Gasteiger partial charge >= 0.3 is 0 Å². The van der Waals surface area contributed by atoms with Gasteiger partial charge in [0, 0.05) is 4.47 Å². The summed E-state index contributed by atoms with van der Waals surface area (Å²) in [5.41, 5.74) is 13.7. The minimum Gasteiger partial charge on any atom is -0.483 e. The number of nitrogens with zero attached hydrogens (tertiary/aromatic N) is 3. The Morgan fingerprint density at radius 3 is 2.61 bits per heavy atom. The van der Waals surface area contributed by atoms with E-state index in [9.17, 15) is 14.9 Å². The molecule has 10 heteroatoms. The fourth-order valence-corrected chi connectivity index (χ4v) is 3.93. The third-order valence-corrected chi connectivity index (χ3v) is 5.70. The molecule has 1 aromatic heterocycles. The van der Waals surface area contributed by atoms with Gasteiger partial charge in [-0.05, 0) is 36.8 Å². The number of nitrogens with two attached hydrogens (primary N) is 2. The first-order chi connectivity index (χ1) is 15.8. The van der Waals surface area contributed by atoms with Crippen molar-refractivity contribution in [3.05, 3.63) is 86.8 Å². The summed E-state index contributed by atoms with van der Waals surface area (Å²) in [5.74, 6) is -1.59. The molecule has 2 aromatic carbocycles. The van der Waals surface area contributed by atoms with E-state index in [-0.39, 0.29) is 28.6 Å². The van der Waals surface area contributed by atoms with Gasteiger partial charge in [-0.15, -0.1) is 0 Å². The van der Waals surface area contributed by atoms with Crippen molar-refractivity contribution in [3.8, 4) is 17.7 Å². The number of carbonyl (C=O) groups excluding carboxylic acids is 2. The minimum absolute atomic E-state index is 0.105. The van der Waals surface area contributed by atoms with Crippen molar-refractivity contribution in [3.63, 3.8) is 0 Å². The highest BCUT2D eigenvalue weighted by Gasteiger charge is 2.37. The Morgan fingerprint density at radius 1 is 1.24 bits per heavy atom. The van der Waals surface area contributed by atoms with Crippen LogP contribution in [0.15, 0.2) is 64.5 Å². The maximum absolute atomic E-state index is 13.0. The quantitative estimate of drug-likeness (QED) is 0.539. The van der Waals surface area contributed by atoms with Gasteiger partial charge in [0.1, 0.15) is 17.4 Å².